The van der Waals surface area contributed by atoms with Crippen LogP contribution in [0, 0.1) is 0 Å². The maximum absolute atomic E-state index is 13.2. The van der Waals surface area contributed by atoms with E-state index in [-0.39, 0.29) is 10.7 Å². The highest BCUT2D eigenvalue weighted by molar-refractivity contribution is 7.99. The van der Waals surface area contributed by atoms with Crippen molar-refractivity contribution < 1.29 is 14.3 Å². The average Bonchev–Trinajstić information content (AvgIpc) is 2.80. The summed E-state index contributed by atoms with van der Waals surface area (Å²) in [4.78, 5) is 29.1. The molecule has 1 saturated heterocycles. The largest absolute Gasteiger partial charge is 0.494 e. The molecule has 0 bridgehead atoms. The van der Waals surface area contributed by atoms with E-state index in [2.05, 4.69) is 5.32 Å². The summed E-state index contributed by atoms with van der Waals surface area (Å²) in [6.45, 7) is 2.44. The highest BCUT2D eigenvalue weighted by Gasteiger charge is 2.34. The molecule has 166 valence electrons. The Hall–Kier alpha value is -3.13. The van der Waals surface area contributed by atoms with Crippen LogP contribution in [0.25, 0.3) is 6.08 Å². The molecule has 5 nitrogen and oxygen atoms in total. The zero-order valence-corrected chi connectivity index (χ0v) is 20.0. The van der Waals surface area contributed by atoms with Crippen molar-refractivity contribution in [3.8, 4) is 5.75 Å². The number of rotatable bonds is 6. The number of ether oxygens (including phenoxy) is 1. The molecule has 4 rings (SSSR count). The van der Waals surface area contributed by atoms with Crippen molar-refractivity contribution in [2.75, 3.05) is 11.5 Å². The van der Waals surface area contributed by atoms with Crippen LogP contribution in [0.15, 0.2) is 88.2 Å². The molecule has 0 saturated carbocycles. The summed E-state index contributed by atoms with van der Waals surface area (Å²) < 4.78 is 5.45. The highest BCUT2D eigenvalue weighted by Crippen LogP contribution is 2.29. The van der Waals surface area contributed by atoms with Crippen LogP contribution in [-0.2, 0) is 9.59 Å². The molecule has 1 aliphatic heterocycles. The van der Waals surface area contributed by atoms with Gasteiger partial charge in [0.05, 0.1) is 12.3 Å². The van der Waals surface area contributed by atoms with E-state index in [1.807, 2.05) is 55.5 Å². The second kappa shape index (κ2) is 10.2. The van der Waals surface area contributed by atoms with E-state index in [0.29, 0.717) is 23.1 Å². The van der Waals surface area contributed by atoms with Gasteiger partial charge in [0.15, 0.2) is 5.11 Å². The van der Waals surface area contributed by atoms with Gasteiger partial charge in [0.2, 0.25) is 0 Å². The monoisotopic (exact) mass is 494 g/mol. The first-order valence-corrected chi connectivity index (χ1v) is 11.7. The maximum atomic E-state index is 13.2. The van der Waals surface area contributed by atoms with Crippen molar-refractivity contribution in [2.24, 2.45) is 0 Å². The summed E-state index contributed by atoms with van der Waals surface area (Å²) in [5.41, 5.74) is 1.29. The van der Waals surface area contributed by atoms with Gasteiger partial charge in [-0.25, -0.2) is 0 Å². The SMILES string of the molecule is CCOc1ccc(N2C(=O)/C(=C/c3ccc(Sc4ccc(Cl)cc4)cc3)C(=O)NC2=S)cc1. The summed E-state index contributed by atoms with van der Waals surface area (Å²) >= 11 is 12.8. The summed E-state index contributed by atoms with van der Waals surface area (Å²) in [6.07, 6.45) is 1.57. The number of anilines is 1. The third-order valence-electron chi connectivity index (χ3n) is 4.75. The molecule has 0 unspecified atom stereocenters. The first kappa shape index (κ1) is 23.0. The van der Waals surface area contributed by atoms with Crippen molar-refractivity contribution in [3.05, 3.63) is 89.0 Å². The number of benzene rings is 3. The lowest BCUT2D eigenvalue weighted by atomic mass is 10.1. The number of hydrogen-bond donors (Lipinski definition) is 1. The van der Waals surface area contributed by atoms with Crippen molar-refractivity contribution in [1.29, 1.82) is 0 Å². The normalized spacial score (nSPS) is 15.0. The van der Waals surface area contributed by atoms with Crippen molar-refractivity contribution in [2.45, 2.75) is 16.7 Å². The fraction of sp³-hybridized carbons (Fsp3) is 0.0800. The Morgan fingerprint density at radius 3 is 2.18 bits per heavy atom. The quantitative estimate of drug-likeness (QED) is 0.270. The molecule has 0 aliphatic carbocycles. The number of carbonyl (C=O) groups is 2. The minimum atomic E-state index is -0.521. The van der Waals surface area contributed by atoms with Gasteiger partial charge in [0, 0.05) is 14.8 Å². The van der Waals surface area contributed by atoms with Gasteiger partial charge in [0.1, 0.15) is 11.3 Å². The second-order valence-electron chi connectivity index (χ2n) is 7.01. The van der Waals surface area contributed by atoms with Crippen LogP contribution >= 0.6 is 35.6 Å². The number of nitrogens with one attached hydrogen (secondary N) is 1. The lowest BCUT2D eigenvalue weighted by Gasteiger charge is -2.29. The molecule has 0 radical (unpaired) electrons. The van der Waals surface area contributed by atoms with Gasteiger partial charge in [-0.2, -0.15) is 0 Å². The van der Waals surface area contributed by atoms with Gasteiger partial charge in [0.25, 0.3) is 11.8 Å². The molecule has 0 spiro atoms. The van der Waals surface area contributed by atoms with E-state index in [1.54, 1.807) is 42.1 Å². The Labute approximate surface area is 206 Å². The Kier molecular flexibility index (Phi) is 7.13. The molecule has 3 aromatic rings. The molecule has 1 fully saturated rings. The topological polar surface area (TPSA) is 58.6 Å². The Morgan fingerprint density at radius 1 is 0.970 bits per heavy atom. The van der Waals surface area contributed by atoms with Crippen molar-refractivity contribution >= 4 is 64.3 Å². The lowest BCUT2D eigenvalue weighted by Crippen LogP contribution is -2.54. The van der Waals surface area contributed by atoms with E-state index in [9.17, 15) is 9.59 Å². The summed E-state index contributed by atoms with van der Waals surface area (Å²) in [5.74, 6) is -0.313. The number of thiocarbonyl (C=S) groups is 1. The molecular formula is C25H19ClN2O3S2. The van der Waals surface area contributed by atoms with E-state index in [1.165, 1.54) is 4.90 Å². The van der Waals surface area contributed by atoms with Gasteiger partial charge >= 0.3 is 0 Å². The van der Waals surface area contributed by atoms with Gasteiger partial charge in [-0.05, 0) is 91.4 Å². The Balaban J connectivity index is 1.54. The smallest absolute Gasteiger partial charge is 0.270 e. The third-order valence-corrected chi connectivity index (χ3v) is 6.30. The standard InChI is InChI=1S/C25H19ClN2O3S2/c1-2-31-19-9-7-18(8-10-19)28-24(30)22(23(29)27-25(28)32)15-16-3-11-20(12-4-16)33-21-13-5-17(26)6-14-21/h3-15H,2H2,1H3,(H,27,29,32)/b22-15+. The number of hydrogen-bond acceptors (Lipinski definition) is 5. The number of amides is 2. The summed E-state index contributed by atoms with van der Waals surface area (Å²) in [6, 6.07) is 22.2. The second-order valence-corrected chi connectivity index (χ2v) is 8.98. The van der Waals surface area contributed by atoms with Crippen LogP contribution in [0.2, 0.25) is 5.02 Å². The molecular weight excluding hydrogens is 476 g/mol. The van der Waals surface area contributed by atoms with E-state index in [4.69, 9.17) is 28.6 Å². The number of nitrogens with zero attached hydrogens (tertiary/aromatic N) is 1. The van der Waals surface area contributed by atoms with Gasteiger partial charge in [-0.15, -0.1) is 0 Å². The first-order valence-electron chi connectivity index (χ1n) is 10.1. The van der Waals surface area contributed by atoms with Crippen LogP contribution in [0.4, 0.5) is 5.69 Å². The summed E-state index contributed by atoms with van der Waals surface area (Å²) in [7, 11) is 0. The van der Waals surface area contributed by atoms with Crippen LogP contribution in [-0.4, -0.2) is 23.5 Å². The molecule has 33 heavy (non-hydrogen) atoms. The van der Waals surface area contributed by atoms with Crippen LogP contribution in [0.5, 0.6) is 5.75 Å². The van der Waals surface area contributed by atoms with E-state index in [0.717, 1.165) is 15.4 Å². The molecule has 3 aromatic carbocycles. The zero-order valence-electron chi connectivity index (χ0n) is 17.6. The van der Waals surface area contributed by atoms with Gasteiger partial charge < -0.3 is 4.74 Å². The van der Waals surface area contributed by atoms with Crippen LogP contribution < -0.4 is 15.0 Å². The van der Waals surface area contributed by atoms with Gasteiger partial charge in [-0.1, -0.05) is 35.5 Å². The van der Waals surface area contributed by atoms with Crippen LogP contribution in [0.3, 0.4) is 0 Å². The predicted molar refractivity (Wildman–Crippen MR) is 136 cm³/mol. The third kappa shape index (κ3) is 5.45. The minimum absolute atomic E-state index is 0.00980. The fourth-order valence-corrected chi connectivity index (χ4v) is 4.41. The van der Waals surface area contributed by atoms with E-state index < -0.39 is 11.8 Å². The minimum Gasteiger partial charge on any atom is -0.494 e. The molecule has 1 aliphatic rings. The predicted octanol–water partition coefficient (Wildman–Crippen LogP) is 5.72. The van der Waals surface area contributed by atoms with Gasteiger partial charge in [-0.3, -0.25) is 19.8 Å². The zero-order chi connectivity index (χ0) is 23.4. The summed E-state index contributed by atoms with van der Waals surface area (Å²) in [5, 5.41) is 3.33. The van der Waals surface area contributed by atoms with Crippen molar-refractivity contribution in [1.82, 2.24) is 5.32 Å². The Morgan fingerprint density at radius 2 is 1.58 bits per heavy atom. The van der Waals surface area contributed by atoms with Crippen LogP contribution in [0.1, 0.15) is 12.5 Å². The number of halogens is 1. The molecule has 0 atom stereocenters. The Bertz CT molecular complexity index is 1220. The maximum Gasteiger partial charge on any atom is 0.270 e. The molecule has 1 heterocycles. The molecule has 1 N–H and O–H groups in total. The lowest BCUT2D eigenvalue weighted by molar-refractivity contribution is -0.122. The molecule has 8 heteroatoms. The highest BCUT2D eigenvalue weighted by atomic mass is 35.5. The number of carbonyl (C=O) groups excluding carboxylic acids is 2. The first-order chi connectivity index (χ1) is 15.9. The van der Waals surface area contributed by atoms with Crippen molar-refractivity contribution in [3.63, 3.8) is 0 Å². The molecule has 0 aromatic heterocycles. The fourth-order valence-electron chi connectivity index (χ4n) is 3.19. The van der Waals surface area contributed by atoms with E-state index >= 15 is 0 Å². The average molecular weight is 495 g/mol. The molecule has 2 amide bonds.